The van der Waals surface area contributed by atoms with Crippen molar-refractivity contribution in [3.05, 3.63) is 34.6 Å². The summed E-state index contributed by atoms with van der Waals surface area (Å²) in [5.41, 5.74) is -0.532. The summed E-state index contributed by atoms with van der Waals surface area (Å²) in [4.78, 5) is 0. The van der Waals surface area contributed by atoms with E-state index in [-0.39, 0.29) is 18.3 Å². The van der Waals surface area contributed by atoms with Crippen molar-refractivity contribution in [3.63, 3.8) is 0 Å². The molecule has 0 aromatic heterocycles. The van der Waals surface area contributed by atoms with Crippen molar-refractivity contribution in [1.29, 1.82) is 0 Å². The van der Waals surface area contributed by atoms with E-state index in [9.17, 15) is 9.50 Å². The van der Waals surface area contributed by atoms with Crippen LogP contribution in [0.25, 0.3) is 0 Å². The van der Waals surface area contributed by atoms with Crippen molar-refractivity contribution in [2.24, 2.45) is 5.92 Å². The number of benzene rings is 1. The van der Waals surface area contributed by atoms with Crippen LogP contribution in [0, 0.1) is 11.7 Å². The molecule has 1 N–H and O–H groups in total. The van der Waals surface area contributed by atoms with Gasteiger partial charge in [0.05, 0.1) is 11.7 Å². The van der Waals surface area contributed by atoms with Crippen LogP contribution in [0.4, 0.5) is 4.39 Å². The smallest absolute Gasteiger partial charge is 0.127 e. The molecule has 1 aromatic carbocycles. The molecule has 0 radical (unpaired) electrons. The molecule has 1 aromatic rings. The van der Waals surface area contributed by atoms with Gasteiger partial charge in [0.2, 0.25) is 0 Å². The molecule has 0 amide bonds. The molecule has 2 nitrogen and oxygen atoms in total. The zero-order valence-corrected chi connectivity index (χ0v) is 12.1. The fourth-order valence-electron chi connectivity index (χ4n) is 2.55. The van der Waals surface area contributed by atoms with Crippen molar-refractivity contribution >= 4 is 11.6 Å². The van der Waals surface area contributed by atoms with E-state index < -0.39 is 5.60 Å². The van der Waals surface area contributed by atoms with E-state index in [4.69, 9.17) is 16.3 Å². The average Bonchev–Trinajstić information content (AvgIpc) is 2.34. The molecule has 2 unspecified atom stereocenters. The first-order valence-corrected chi connectivity index (χ1v) is 7.06. The van der Waals surface area contributed by atoms with Crippen LogP contribution in [0.15, 0.2) is 18.2 Å². The van der Waals surface area contributed by atoms with Gasteiger partial charge >= 0.3 is 0 Å². The maximum absolute atomic E-state index is 13.8. The van der Waals surface area contributed by atoms with Crippen molar-refractivity contribution in [1.82, 2.24) is 0 Å². The van der Waals surface area contributed by atoms with Crippen LogP contribution in [0.2, 0.25) is 5.02 Å². The van der Waals surface area contributed by atoms with Gasteiger partial charge < -0.3 is 9.84 Å². The summed E-state index contributed by atoms with van der Waals surface area (Å²) < 4.78 is 19.5. The minimum atomic E-state index is -0.932. The SMILES string of the molecule is CC(C)C1CC(O)(Cc2c(F)cccc2Cl)CCO1. The Balaban J connectivity index is 2.17. The Kier molecular flexibility index (Phi) is 4.49. The first kappa shape index (κ1) is 14.8. The van der Waals surface area contributed by atoms with E-state index in [0.29, 0.717) is 36.0 Å². The predicted octanol–water partition coefficient (Wildman–Crippen LogP) is 3.59. The molecule has 0 aliphatic carbocycles. The lowest BCUT2D eigenvalue weighted by molar-refractivity contribution is -0.116. The van der Waals surface area contributed by atoms with Gasteiger partial charge in [-0.05, 0) is 24.5 Å². The first-order chi connectivity index (χ1) is 8.91. The highest BCUT2D eigenvalue weighted by atomic mass is 35.5. The Morgan fingerprint density at radius 2 is 2.26 bits per heavy atom. The van der Waals surface area contributed by atoms with Gasteiger partial charge in [0.1, 0.15) is 5.82 Å². The standard InChI is InChI=1S/C15H20ClFO2/c1-10(2)14-9-15(18,6-7-19-14)8-11-12(16)4-3-5-13(11)17/h3-5,10,14,18H,6-9H2,1-2H3. The highest BCUT2D eigenvalue weighted by Gasteiger charge is 2.37. The summed E-state index contributed by atoms with van der Waals surface area (Å²) in [5, 5.41) is 11.1. The molecular formula is C15H20ClFO2. The zero-order valence-electron chi connectivity index (χ0n) is 11.3. The van der Waals surface area contributed by atoms with E-state index in [0.717, 1.165) is 0 Å². The monoisotopic (exact) mass is 286 g/mol. The van der Waals surface area contributed by atoms with Gasteiger partial charge in [-0.25, -0.2) is 4.39 Å². The fraction of sp³-hybridized carbons (Fsp3) is 0.600. The van der Waals surface area contributed by atoms with Gasteiger partial charge in [-0.2, -0.15) is 0 Å². The van der Waals surface area contributed by atoms with Crippen LogP contribution in [0.1, 0.15) is 32.3 Å². The summed E-state index contributed by atoms with van der Waals surface area (Å²) >= 11 is 6.03. The topological polar surface area (TPSA) is 29.5 Å². The van der Waals surface area contributed by atoms with Gasteiger partial charge in [0, 0.05) is 30.0 Å². The lowest BCUT2D eigenvalue weighted by Gasteiger charge is -2.38. The van der Waals surface area contributed by atoms with Crippen LogP contribution in [-0.4, -0.2) is 23.4 Å². The van der Waals surface area contributed by atoms with E-state index in [1.807, 2.05) is 0 Å². The average molecular weight is 287 g/mol. The number of rotatable bonds is 3. The summed E-state index contributed by atoms with van der Waals surface area (Å²) in [6.07, 6.45) is 1.30. The minimum absolute atomic E-state index is 0.0179. The van der Waals surface area contributed by atoms with Gasteiger partial charge in [0.25, 0.3) is 0 Å². The predicted molar refractivity (Wildman–Crippen MR) is 73.9 cm³/mol. The molecule has 19 heavy (non-hydrogen) atoms. The number of hydrogen-bond donors (Lipinski definition) is 1. The maximum Gasteiger partial charge on any atom is 0.127 e. The lowest BCUT2D eigenvalue weighted by atomic mass is 9.82. The van der Waals surface area contributed by atoms with Gasteiger partial charge in [-0.15, -0.1) is 0 Å². The van der Waals surface area contributed by atoms with E-state index in [1.54, 1.807) is 12.1 Å². The summed E-state index contributed by atoms with van der Waals surface area (Å²) in [6.45, 7) is 4.63. The summed E-state index contributed by atoms with van der Waals surface area (Å²) in [7, 11) is 0. The molecule has 1 aliphatic heterocycles. The van der Waals surface area contributed by atoms with E-state index in [1.165, 1.54) is 6.07 Å². The third kappa shape index (κ3) is 3.47. The first-order valence-electron chi connectivity index (χ1n) is 6.68. The molecule has 106 valence electrons. The zero-order chi connectivity index (χ0) is 14.0. The highest BCUT2D eigenvalue weighted by Crippen LogP contribution is 2.33. The van der Waals surface area contributed by atoms with Crippen LogP contribution >= 0.6 is 11.6 Å². The molecule has 1 aliphatic rings. The van der Waals surface area contributed by atoms with Crippen LogP contribution in [-0.2, 0) is 11.2 Å². The fourth-order valence-corrected chi connectivity index (χ4v) is 2.78. The van der Waals surface area contributed by atoms with Gasteiger partial charge in [-0.3, -0.25) is 0 Å². The Bertz CT molecular complexity index is 430. The molecule has 0 saturated carbocycles. The summed E-state index contributed by atoms with van der Waals surface area (Å²) in [5.74, 6) is -0.0172. The molecule has 4 heteroatoms. The normalized spacial score (nSPS) is 27.8. The van der Waals surface area contributed by atoms with E-state index in [2.05, 4.69) is 13.8 Å². The Hall–Kier alpha value is -0.640. The Morgan fingerprint density at radius 3 is 2.89 bits per heavy atom. The molecule has 2 rings (SSSR count). The quantitative estimate of drug-likeness (QED) is 0.920. The highest BCUT2D eigenvalue weighted by molar-refractivity contribution is 6.31. The molecule has 0 bridgehead atoms. The largest absolute Gasteiger partial charge is 0.389 e. The maximum atomic E-state index is 13.8. The second-order valence-corrected chi connectivity index (χ2v) is 6.12. The Morgan fingerprint density at radius 1 is 1.53 bits per heavy atom. The molecule has 1 fully saturated rings. The van der Waals surface area contributed by atoms with Gasteiger partial charge in [-0.1, -0.05) is 31.5 Å². The molecule has 2 atom stereocenters. The van der Waals surface area contributed by atoms with Crippen molar-refractivity contribution in [2.45, 2.75) is 44.8 Å². The van der Waals surface area contributed by atoms with Crippen molar-refractivity contribution in [3.8, 4) is 0 Å². The van der Waals surface area contributed by atoms with Gasteiger partial charge in [0.15, 0.2) is 0 Å². The van der Waals surface area contributed by atoms with E-state index >= 15 is 0 Å². The van der Waals surface area contributed by atoms with Crippen LogP contribution in [0.3, 0.4) is 0 Å². The lowest BCUT2D eigenvalue weighted by Crippen LogP contribution is -2.44. The van der Waals surface area contributed by atoms with Crippen LogP contribution < -0.4 is 0 Å². The number of aliphatic hydroxyl groups is 1. The second kappa shape index (κ2) is 5.78. The molecule has 0 spiro atoms. The molecule has 1 saturated heterocycles. The van der Waals surface area contributed by atoms with Crippen molar-refractivity contribution in [2.75, 3.05) is 6.61 Å². The number of halogens is 2. The minimum Gasteiger partial charge on any atom is -0.389 e. The van der Waals surface area contributed by atoms with Crippen LogP contribution in [0.5, 0.6) is 0 Å². The summed E-state index contributed by atoms with van der Waals surface area (Å²) in [6, 6.07) is 4.61. The molecular weight excluding hydrogens is 267 g/mol. The second-order valence-electron chi connectivity index (χ2n) is 5.71. The third-order valence-corrected chi connectivity index (χ3v) is 4.15. The number of hydrogen-bond acceptors (Lipinski definition) is 2. The molecule has 1 heterocycles. The third-order valence-electron chi connectivity index (χ3n) is 3.79. The van der Waals surface area contributed by atoms with Crippen molar-refractivity contribution < 1.29 is 14.2 Å². The Labute approximate surface area is 118 Å². The number of ether oxygens (including phenoxy) is 1.